The van der Waals surface area contributed by atoms with Crippen molar-refractivity contribution in [3.8, 4) is 0 Å². The SMILES string of the molecule is CCCCCC(CCC)c1ccccc1C(=O)OC(C)(C)C. The van der Waals surface area contributed by atoms with E-state index in [9.17, 15) is 4.79 Å². The van der Waals surface area contributed by atoms with Gasteiger partial charge in [-0.25, -0.2) is 4.79 Å². The topological polar surface area (TPSA) is 26.3 Å². The molecule has 1 unspecified atom stereocenters. The maximum atomic E-state index is 12.5. The number of rotatable bonds is 8. The number of unbranched alkanes of at least 4 members (excludes halogenated alkanes) is 2. The molecular weight excluding hydrogens is 272 g/mol. The number of hydrogen-bond donors (Lipinski definition) is 0. The van der Waals surface area contributed by atoms with E-state index in [2.05, 4.69) is 19.9 Å². The van der Waals surface area contributed by atoms with Gasteiger partial charge in [-0.15, -0.1) is 0 Å². The van der Waals surface area contributed by atoms with Gasteiger partial charge in [0.15, 0.2) is 0 Å². The zero-order valence-electron chi connectivity index (χ0n) is 14.9. The Hall–Kier alpha value is -1.31. The Balaban J connectivity index is 2.97. The van der Waals surface area contributed by atoms with Crippen LogP contribution < -0.4 is 0 Å². The smallest absolute Gasteiger partial charge is 0.338 e. The van der Waals surface area contributed by atoms with Crippen molar-refractivity contribution in [3.63, 3.8) is 0 Å². The zero-order chi connectivity index (χ0) is 16.6. The molecule has 1 rings (SSSR count). The van der Waals surface area contributed by atoms with E-state index in [1.807, 2.05) is 39.0 Å². The van der Waals surface area contributed by atoms with Crippen LogP contribution in [0.25, 0.3) is 0 Å². The summed E-state index contributed by atoms with van der Waals surface area (Å²) < 4.78 is 5.58. The summed E-state index contributed by atoms with van der Waals surface area (Å²) in [6.07, 6.45) is 7.13. The third-order valence-electron chi connectivity index (χ3n) is 3.81. The van der Waals surface area contributed by atoms with Crippen molar-refractivity contribution in [1.82, 2.24) is 0 Å². The highest BCUT2D eigenvalue weighted by Crippen LogP contribution is 2.30. The summed E-state index contributed by atoms with van der Waals surface area (Å²) in [7, 11) is 0. The van der Waals surface area contributed by atoms with Crippen LogP contribution in [0.15, 0.2) is 24.3 Å². The van der Waals surface area contributed by atoms with Gasteiger partial charge in [-0.05, 0) is 51.2 Å². The molecular formula is C20H32O2. The average Bonchev–Trinajstić information content (AvgIpc) is 2.45. The summed E-state index contributed by atoms with van der Waals surface area (Å²) in [5.74, 6) is 0.264. The predicted octanol–water partition coefficient (Wildman–Crippen LogP) is 6.11. The molecule has 0 aromatic heterocycles. The molecule has 0 saturated carbocycles. The van der Waals surface area contributed by atoms with E-state index >= 15 is 0 Å². The van der Waals surface area contributed by atoms with Crippen LogP contribution in [-0.2, 0) is 4.74 Å². The monoisotopic (exact) mass is 304 g/mol. The van der Waals surface area contributed by atoms with Crippen molar-refractivity contribution in [2.24, 2.45) is 0 Å². The second-order valence-corrected chi connectivity index (χ2v) is 7.07. The summed E-state index contributed by atoms with van der Waals surface area (Å²) in [5.41, 5.74) is 1.45. The van der Waals surface area contributed by atoms with Crippen molar-refractivity contribution in [2.45, 2.75) is 84.7 Å². The van der Waals surface area contributed by atoms with Gasteiger partial charge in [-0.2, -0.15) is 0 Å². The van der Waals surface area contributed by atoms with E-state index in [0.29, 0.717) is 5.92 Å². The highest BCUT2D eigenvalue weighted by Gasteiger charge is 2.23. The van der Waals surface area contributed by atoms with Gasteiger partial charge < -0.3 is 4.74 Å². The lowest BCUT2D eigenvalue weighted by molar-refractivity contribution is 0.00676. The minimum Gasteiger partial charge on any atom is -0.456 e. The second kappa shape index (κ2) is 8.97. The van der Waals surface area contributed by atoms with E-state index in [1.165, 1.54) is 19.3 Å². The minimum absolute atomic E-state index is 0.195. The van der Waals surface area contributed by atoms with Gasteiger partial charge in [-0.1, -0.05) is 57.7 Å². The predicted molar refractivity (Wildman–Crippen MR) is 93.4 cm³/mol. The molecule has 0 saturated heterocycles. The molecule has 1 aromatic carbocycles. The molecule has 0 radical (unpaired) electrons. The molecule has 1 aromatic rings. The van der Waals surface area contributed by atoms with Gasteiger partial charge in [0.05, 0.1) is 5.56 Å². The maximum Gasteiger partial charge on any atom is 0.338 e. The standard InChI is InChI=1S/C20H32O2/c1-6-8-9-13-16(12-7-2)17-14-10-11-15-18(17)19(21)22-20(3,4)5/h10-11,14-16H,6-9,12-13H2,1-5H3. The molecule has 0 bridgehead atoms. The minimum atomic E-state index is -0.452. The van der Waals surface area contributed by atoms with Gasteiger partial charge in [0.25, 0.3) is 0 Å². The van der Waals surface area contributed by atoms with Crippen molar-refractivity contribution in [2.75, 3.05) is 0 Å². The fraction of sp³-hybridized carbons (Fsp3) is 0.650. The number of esters is 1. The Morgan fingerprint density at radius 1 is 1.05 bits per heavy atom. The first-order valence-corrected chi connectivity index (χ1v) is 8.71. The highest BCUT2D eigenvalue weighted by atomic mass is 16.6. The largest absolute Gasteiger partial charge is 0.456 e. The van der Waals surface area contributed by atoms with E-state index in [0.717, 1.165) is 30.4 Å². The van der Waals surface area contributed by atoms with Crippen molar-refractivity contribution in [3.05, 3.63) is 35.4 Å². The molecule has 22 heavy (non-hydrogen) atoms. The van der Waals surface area contributed by atoms with Gasteiger partial charge in [0.2, 0.25) is 0 Å². The first-order chi connectivity index (χ1) is 10.4. The highest BCUT2D eigenvalue weighted by molar-refractivity contribution is 5.91. The number of carbonyl (C=O) groups is 1. The molecule has 0 aliphatic rings. The summed E-state index contributed by atoms with van der Waals surface area (Å²) in [6.45, 7) is 10.2. The summed E-state index contributed by atoms with van der Waals surface area (Å²) >= 11 is 0. The van der Waals surface area contributed by atoms with Crippen LogP contribution in [-0.4, -0.2) is 11.6 Å². The maximum absolute atomic E-state index is 12.5. The van der Waals surface area contributed by atoms with Gasteiger partial charge in [-0.3, -0.25) is 0 Å². The molecule has 0 heterocycles. The van der Waals surface area contributed by atoms with Gasteiger partial charge in [0.1, 0.15) is 5.60 Å². The molecule has 124 valence electrons. The van der Waals surface area contributed by atoms with Crippen LogP contribution in [0.5, 0.6) is 0 Å². The molecule has 0 amide bonds. The van der Waals surface area contributed by atoms with Crippen molar-refractivity contribution < 1.29 is 9.53 Å². The molecule has 0 aliphatic heterocycles. The van der Waals surface area contributed by atoms with Crippen LogP contribution >= 0.6 is 0 Å². The third-order valence-corrected chi connectivity index (χ3v) is 3.81. The first-order valence-electron chi connectivity index (χ1n) is 8.71. The number of benzene rings is 1. The molecule has 0 aliphatic carbocycles. The molecule has 0 fully saturated rings. The quantitative estimate of drug-likeness (QED) is 0.428. The molecule has 0 N–H and O–H groups in total. The van der Waals surface area contributed by atoms with Crippen LogP contribution in [0.4, 0.5) is 0 Å². The fourth-order valence-corrected chi connectivity index (χ4v) is 2.82. The van der Waals surface area contributed by atoms with Gasteiger partial charge in [0, 0.05) is 0 Å². The van der Waals surface area contributed by atoms with Crippen LogP contribution in [0.3, 0.4) is 0 Å². The van der Waals surface area contributed by atoms with E-state index in [1.54, 1.807) is 0 Å². The fourth-order valence-electron chi connectivity index (χ4n) is 2.82. The molecule has 1 atom stereocenters. The second-order valence-electron chi connectivity index (χ2n) is 7.07. The summed E-state index contributed by atoms with van der Waals surface area (Å²) in [4.78, 5) is 12.5. The Labute approximate surface area is 136 Å². The average molecular weight is 304 g/mol. The van der Waals surface area contributed by atoms with E-state index in [4.69, 9.17) is 4.74 Å². The lowest BCUT2D eigenvalue weighted by atomic mass is 9.86. The van der Waals surface area contributed by atoms with Gasteiger partial charge >= 0.3 is 5.97 Å². The van der Waals surface area contributed by atoms with Crippen LogP contribution in [0.2, 0.25) is 0 Å². The van der Waals surface area contributed by atoms with Crippen molar-refractivity contribution in [1.29, 1.82) is 0 Å². The first kappa shape index (κ1) is 18.7. The Bertz CT molecular complexity index is 457. The summed E-state index contributed by atoms with van der Waals surface area (Å²) in [5, 5.41) is 0. The van der Waals surface area contributed by atoms with E-state index < -0.39 is 5.60 Å². The summed E-state index contributed by atoms with van der Waals surface area (Å²) in [6, 6.07) is 7.97. The van der Waals surface area contributed by atoms with Crippen LogP contribution in [0, 0.1) is 0 Å². The molecule has 2 nitrogen and oxygen atoms in total. The number of ether oxygens (including phenoxy) is 1. The molecule has 2 heteroatoms. The number of carbonyl (C=O) groups excluding carboxylic acids is 1. The molecule has 0 spiro atoms. The van der Waals surface area contributed by atoms with Crippen LogP contribution in [0.1, 0.15) is 95.0 Å². The lowest BCUT2D eigenvalue weighted by Gasteiger charge is -2.23. The van der Waals surface area contributed by atoms with E-state index in [-0.39, 0.29) is 5.97 Å². The Morgan fingerprint density at radius 2 is 1.73 bits per heavy atom. The normalized spacial score (nSPS) is 13.0. The van der Waals surface area contributed by atoms with Crippen molar-refractivity contribution >= 4 is 5.97 Å². The Morgan fingerprint density at radius 3 is 2.32 bits per heavy atom. The lowest BCUT2D eigenvalue weighted by Crippen LogP contribution is -2.25. The Kier molecular flexibility index (Phi) is 7.64. The third kappa shape index (κ3) is 6.21. The number of hydrogen-bond acceptors (Lipinski definition) is 2. The zero-order valence-corrected chi connectivity index (χ0v) is 14.9.